The van der Waals surface area contributed by atoms with Gasteiger partial charge < -0.3 is 15.0 Å². The molecule has 1 aliphatic rings. The van der Waals surface area contributed by atoms with E-state index in [1.807, 2.05) is 36.4 Å². The van der Waals surface area contributed by atoms with Crippen LogP contribution in [0.3, 0.4) is 0 Å². The molecule has 1 heterocycles. The van der Waals surface area contributed by atoms with Gasteiger partial charge >= 0.3 is 0 Å². The number of benzene rings is 2. The van der Waals surface area contributed by atoms with E-state index in [-0.39, 0.29) is 5.91 Å². The summed E-state index contributed by atoms with van der Waals surface area (Å²) in [6.07, 6.45) is 1.09. The largest absolute Gasteiger partial charge is 0.497 e. The molecule has 1 fully saturated rings. The van der Waals surface area contributed by atoms with Crippen LogP contribution in [0.5, 0.6) is 5.75 Å². The predicted octanol–water partition coefficient (Wildman–Crippen LogP) is 3.71. The highest BCUT2D eigenvalue weighted by molar-refractivity contribution is 9.10. The van der Waals surface area contributed by atoms with E-state index in [1.54, 1.807) is 7.11 Å². The fraction of sp³-hybridized carbons (Fsp3) is 0.316. The predicted molar refractivity (Wildman–Crippen MR) is 99.8 cm³/mol. The van der Waals surface area contributed by atoms with Crippen LogP contribution in [0.15, 0.2) is 53.0 Å². The summed E-state index contributed by atoms with van der Waals surface area (Å²) in [4.78, 5) is 14.6. The molecule has 2 aromatic carbocycles. The number of hydrogen-bond acceptors (Lipinski definition) is 3. The summed E-state index contributed by atoms with van der Waals surface area (Å²) < 4.78 is 6.03. The van der Waals surface area contributed by atoms with Gasteiger partial charge in [-0.05, 0) is 64.7 Å². The van der Waals surface area contributed by atoms with Crippen molar-refractivity contribution < 1.29 is 9.53 Å². The standard InChI is InChI=1S/C19H21BrN2O2/c1-24-16-8-6-15(7-9-16)22-11-10-14(13-22)12-21-19(23)17-4-2-3-5-18(17)20/h2-9,14H,10-13H2,1H3,(H,21,23). The molecule has 24 heavy (non-hydrogen) atoms. The third-order valence-corrected chi connectivity index (χ3v) is 5.08. The van der Waals surface area contributed by atoms with Crippen molar-refractivity contribution in [3.63, 3.8) is 0 Å². The SMILES string of the molecule is COc1ccc(N2CCC(CNC(=O)c3ccccc3Br)C2)cc1. The minimum Gasteiger partial charge on any atom is -0.497 e. The van der Waals surface area contributed by atoms with Crippen molar-refractivity contribution in [2.45, 2.75) is 6.42 Å². The molecule has 1 N–H and O–H groups in total. The topological polar surface area (TPSA) is 41.6 Å². The summed E-state index contributed by atoms with van der Waals surface area (Å²) in [5.74, 6) is 1.32. The van der Waals surface area contributed by atoms with Crippen molar-refractivity contribution in [3.8, 4) is 5.75 Å². The molecule has 0 saturated carbocycles. The summed E-state index contributed by atoms with van der Waals surface area (Å²) in [5, 5.41) is 3.06. The lowest BCUT2D eigenvalue weighted by Crippen LogP contribution is -2.31. The summed E-state index contributed by atoms with van der Waals surface area (Å²) >= 11 is 3.42. The lowest BCUT2D eigenvalue weighted by molar-refractivity contribution is 0.0947. The fourth-order valence-corrected chi connectivity index (χ4v) is 3.47. The molecule has 1 aliphatic heterocycles. The van der Waals surface area contributed by atoms with Crippen LogP contribution in [-0.2, 0) is 0 Å². The van der Waals surface area contributed by atoms with Crippen molar-refractivity contribution in [2.75, 3.05) is 31.6 Å². The van der Waals surface area contributed by atoms with Crippen molar-refractivity contribution in [3.05, 3.63) is 58.6 Å². The van der Waals surface area contributed by atoms with Gasteiger partial charge in [-0.2, -0.15) is 0 Å². The van der Waals surface area contributed by atoms with Crippen molar-refractivity contribution in [2.24, 2.45) is 5.92 Å². The van der Waals surface area contributed by atoms with Crippen LogP contribution in [0.4, 0.5) is 5.69 Å². The lowest BCUT2D eigenvalue weighted by Gasteiger charge is -2.19. The molecule has 0 spiro atoms. The number of nitrogens with zero attached hydrogens (tertiary/aromatic N) is 1. The number of methoxy groups -OCH3 is 1. The molecule has 1 unspecified atom stereocenters. The molecule has 0 radical (unpaired) electrons. The maximum Gasteiger partial charge on any atom is 0.252 e. The zero-order valence-electron chi connectivity index (χ0n) is 13.7. The molecular formula is C19H21BrN2O2. The first-order chi connectivity index (χ1) is 11.7. The molecule has 0 aliphatic carbocycles. The minimum absolute atomic E-state index is 0.0228. The van der Waals surface area contributed by atoms with Crippen LogP contribution < -0.4 is 15.0 Å². The van der Waals surface area contributed by atoms with Crippen molar-refractivity contribution in [1.82, 2.24) is 5.32 Å². The van der Waals surface area contributed by atoms with Gasteiger partial charge in [-0.1, -0.05) is 12.1 Å². The smallest absolute Gasteiger partial charge is 0.252 e. The third-order valence-electron chi connectivity index (χ3n) is 4.39. The van der Waals surface area contributed by atoms with E-state index in [1.165, 1.54) is 5.69 Å². The second-order valence-corrected chi connectivity index (χ2v) is 6.84. The lowest BCUT2D eigenvalue weighted by atomic mass is 10.1. The average molecular weight is 389 g/mol. The quantitative estimate of drug-likeness (QED) is 0.848. The minimum atomic E-state index is -0.0228. The first-order valence-electron chi connectivity index (χ1n) is 8.09. The molecule has 0 aromatic heterocycles. The van der Waals surface area contributed by atoms with Crippen LogP contribution in [0.25, 0.3) is 0 Å². The van der Waals surface area contributed by atoms with Gasteiger partial charge in [0, 0.05) is 29.8 Å². The van der Waals surface area contributed by atoms with E-state index in [0.29, 0.717) is 18.0 Å². The maximum absolute atomic E-state index is 12.3. The van der Waals surface area contributed by atoms with E-state index in [0.717, 1.165) is 29.7 Å². The van der Waals surface area contributed by atoms with Gasteiger partial charge in [0.25, 0.3) is 5.91 Å². The number of nitrogens with one attached hydrogen (secondary N) is 1. The summed E-state index contributed by atoms with van der Waals surface area (Å²) in [6, 6.07) is 15.6. The van der Waals surface area contributed by atoms with Crippen LogP contribution in [0, 0.1) is 5.92 Å². The number of halogens is 1. The Morgan fingerprint density at radius 3 is 2.71 bits per heavy atom. The van der Waals surface area contributed by atoms with Crippen LogP contribution in [0.1, 0.15) is 16.8 Å². The second kappa shape index (κ2) is 7.71. The number of amides is 1. The highest BCUT2D eigenvalue weighted by Crippen LogP contribution is 2.25. The Balaban J connectivity index is 1.52. The first-order valence-corrected chi connectivity index (χ1v) is 8.88. The Hall–Kier alpha value is -2.01. The maximum atomic E-state index is 12.3. The van der Waals surface area contributed by atoms with E-state index in [9.17, 15) is 4.79 Å². The molecular weight excluding hydrogens is 368 g/mol. The van der Waals surface area contributed by atoms with Gasteiger partial charge in [0.15, 0.2) is 0 Å². The highest BCUT2D eigenvalue weighted by atomic mass is 79.9. The van der Waals surface area contributed by atoms with Gasteiger partial charge in [-0.15, -0.1) is 0 Å². The Morgan fingerprint density at radius 1 is 1.25 bits per heavy atom. The summed E-state index contributed by atoms with van der Waals surface area (Å²) in [6.45, 7) is 2.68. The molecule has 1 saturated heterocycles. The molecule has 3 rings (SSSR count). The number of anilines is 1. The molecule has 1 atom stereocenters. The van der Waals surface area contributed by atoms with Gasteiger partial charge in [0.05, 0.1) is 12.7 Å². The zero-order chi connectivity index (χ0) is 16.9. The van der Waals surface area contributed by atoms with Gasteiger partial charge in [0.1, 0.15) is 5.75 Å². The number of ether oxygens (including phenoxy) is 1. The summed E-state index contributed by atoms with van der Waals surface area (Å²) in [7, 11) is 1.68. The third kappa shape index (κ3) is 3.90. The Labute approximate surface area is 150 Å². The van der Waals surface area contributed by atoms with E-state index in [2.05, 4.69) is 38.3 Å². The summed E-state index contributed by atoms with van der Waals surface area (Å²) in [5.41, 5.74) is 1.89. The zero-order valence-corrected chi connectivity index (χ0v) is 15.3. The van der Waals surface area contributed by atoms with Crippen LogP contribution in [-0.4, -0.2) is 32.7 Å². The molecule has 4 nitrogen and oxygen atoms in total. The van der Waals surface area contributed by atoms with E-state index >= 15 is 0 Å². The number of carbonyl (C=O) groups excluding carboxylic acids is 1. The normalized spacial score (nSPS) is 16.9. The molecule has 5 heteroatoms. The van der Waals surface area contributed by atoms with Gasteiger partial charge in [-0.3, -0.25) is 4.79 Å². The van der Waals surface area contributed by atoms with Crippen molar-refractivity contribution in [1.29, 1.82) is 0 Å². The second-order valence-electron chi connectivity index (χ2n) is 5.99. The molecule has 126 valence electrons. The monoisotopic (exact) mass is 388 g/mol. The van der Waals surface area contributed by atoms with Crippen molar-refractivity contribution >= 4 is 27.5 Å². The van der Waals surface area contributed by atoms with Gasteiger partial charge in [-0.25, -0.2) is 0 Å². The number of carbonyl (C=O) groups is 1. The highest BCUT2D eigenvalue weighted by Gasteiger charge is 2.23. The molecule has 0 bridgehead atoms. The van der Waals surface area contributed by atoms with E-state index < -0.39 is 0 Å². The first kappa shape index (κ1) is 16.8. The average Bonchev–Trinajstić information content (AvgIpc) is 3.09. The number of hydrogen-bond donors (Lipinski definition) is 1. The van der Waals surface area contributed by atoms with Crippen LogP contribution >= 0.6 is 15.9 Å². The fourth-order valence-electron chi connectivity index (χ4n) is 3.00. The molecule has 1 amide bonds. The number of rotatable bonds is 5. The Morgan fingerprint density at radius 2 is 2.00 bits per heavy atom. The Bertz CT molecular complexity index is 703. The van der Waals surface area contributed by atoms with Crippen LogP contribution in [0.2, 0.25) is 0 Å². The van der Waals surface area contributed by atoms with Gasteiger partial charge in [0.2, 0.25) is 0 Å². The van der Waals surface area contributed by atoms with E-state index in [4.69, 9.17) is 4.74 Å². The Kier molecular flexibility index (Phi) is 5.41. The molecule has 2 aromatic rings.